The minimum absolute atomic E-state index is 0.182. The van der Waals surface area contributed by atoms with Crippen molar-refractivity contribution in [3.63, 3.8) is 0 Å². The normalized spacial score (nSPS) is 15.3. The summed E-state index contributed by atoms with van der Waals surface area (Å²) in [5.74, 6) is -0.0804. The first-order valence-electron chi connectivity index (χ1n) is 10.3. The fourth-order valence-corrected chi connectivity index (χ4v) is 4.24. The highest BCUT2D eigenvalue weighted by Gasteiger charge is 2.22. The lowest BCUT2D eigenvalue weighted by Gasteiger charge is -2.34. The lowest BCUT2D eigenvalue weighted by molar-refractivity contribution is -0.132. The van der Waals surface area contributed by atoms with Gasteiger partial charge >= 0.3 is 0 Å². The van der Waals surface area contributed by atoms with Crippen LogP contribution in [0.4, 0.5) is 4.39 Å². The van der Waals surface area contributed by atoms with Crippen LogP contribution < -0.4 is 0 Å². The van der Waals surface area contributed by atoms with Crippen molar-refractivity contribution in [1.82, 2.24) is 24.3 Å². The first-order chi connectivity index (χ1) is 14.7. The number of carbonyl (C=O) groups excluding carboxylic acids is 1. The summed E-state index contributed by atoms with van der Waals surface area (Å²) in [6.45, 7) is 4.90. The Morgan fingerprint density at radius 1 is 1.07 bits per heavy atom. The number of aromatic nitrogens is 3. The van der Waals surface area contributed by atoms with Crippen molar-refractivity contribution in [3.8, 4) is 0 Å². The summed E-state index contributed by atoms with van der Waals surface area (Å²) in [6.07, 6.45) is 4.15. The second kappa shape index (κ2) is 7.91. The molecule has 0 atom stereocenters. The van der Waals surface area contributed by atoms with E-state index in [-0.39, 0.29) is 11.7 Å². The maximum Gasteiger partial charge on any atom is 0.227 e. The lowest BCUT2D eigenvalue weighted by atomic mass is 10.1. The Balaban J connectivity index is 1.14. The molecule has 1 aliphatic rings. The quantitative estimate of drug-likeness (QED) is 0.555. The van der Waals surface area contributed by atoms with Crippen LogP contribution in [0.2, 0.25) is 0 Å². The molecule has 1 saturated heterocycles. The molecule has 1 amide bonds. The van der Waals surface area contributed by atoms with E-state index in [1.807, 2.05) is 29.3 Å². The van der Waals surface area contributed by atoms with E-state index in [4.69, 9.17) is 0 Å². The van der Waals surface area contributed by atoms with Crippen molar-refractivity contribution in [1.29, 1.82) is 0 Å². The number of imidazole rings is 1. The summed E-state index contributed by atoms with van der Waals surface area (Å²) < 4.78 is 15.4. The molecule has 0 bridgehead atoms. The van der Waals surface area contributed by atoms with Crippen molar-refractivity contribution in [2.45, 2.75) is 13.0 Å². The van der Waals surface area contributed by atoms with Gasteiger partial charge in [-0.25, -0.2) is 9.37 Å². The molecule has 3 heterocycles. The highest BCUT2D eigenvalue weighted by atomic mass is 19.1. The summed E-state index contributed by atoms with van der Waals surface area (Å²) in [7, 11) is 0. The zero-order chi connectivity index (χ0) is 20.5. The maximum absolute atomic E-state index is 13.3. The highest BCUT2D eigenvalue weighted by molar-refractivity contribution is 5.88. The summed E-state index contributed by atoms with van der Waals surface area (Å²) in [4.78, 5) is 24.6. The smallest absolute Gasteiger partial charge is 0.227 e. The number of hydrogen-bond donors (Lipinski definition) is 1. The molecule has 1 aliphatic heterocycles. The van der Waals surface area contributed by atoms with Crippen molar-refractivity contribution in [2.75, 3.05) is 32.7 Å². The van der Waals surface area contributed by atoms with Crippen LogP contribution >= 0.6 is 0 Å². The lowest BCUT2D eigenvalue weighted by Crippen LogP contribution is -2.49. The molecular weight excluding hydrogens is 381 g/mol. The standard InChI is InChI=1S/C23H24FN5O/c24-18-5-6-22-21(14-18)26-16-29(22)12-9-27-7-10-28(11-8-27)23(30)13-17-15-25-20-4-2-1-3-19(17)20/h1-6,14-16,25H,7-13H2. The monoisotopic (exact) mass is 405 g/mol. The molecule has 0 aliphatic carbocycles. The van der Waals surface area contributed by atoms with Gasteiger partial charge in [-0.05, 0) is 23.8 Å². The summed E-state index contributed by atoms with van der Waals surface area (Å²) >= 11 is 0. The number of nitrogens with one attached hydrogen (secondary N) is 1. The molecule has 0 radical (unpaired) electrons. The van der Waals surface area contributed by atoms with Crippen molar-refractivity contribution in [2.24, 2.45) is 0 Å². The first-order valence-corrected chi connectivity index (χ1v) is 10.3. The Morgan fingerprint density at radius 3 is 2.77 bits per heavy atom. The van der Waals surface area contributed by atoms with Crippen LogP contribution in [0.25, 0.3) is 21.9 Å². The Morgan fingerprint density at radius 2 is 1.90 bits per heavy atom. The summed E-state index contributed by atoms with van der Waals surface area (Å²) in [5, 5.41) is 1.12. The SMILES string of the molecule is O=C(Cc1c[nH]c2ccccc12)N1CCN(CCn2cnc3cc(F)ccc32)CC1. The number of carbonyl (C=O) groups is 1. The molecule has 30 heavy (non-hydrogen) atoms. The number of nitrogens with zero attached hydrogens (tertiary/aromatic N) is 4. The van der Waals surface area contributed by atoms with Gasteiger partial charge < -0.3 is 14.5 Å². The van der Waals surface area contributed by atoms with Gasteiger partial charge in [-0.2, -0.15) is 0 Å². The van der Waals surface area contributed by atoms with E-state index in [2.05, 4.69) is 25.5 Å². The predicted molar refractivity (Wildman–Crippen MR) is 115 cm³/mol. The Hall–Kier alpha value is -3.19. The third-order valence-corrected chi connectivity index (χ3v) is 5.98. The second-order valence-corrected chi connectivity index (χ2v) is 7.83. The van der Waals surface area contributed by atoms with Crippen LogP contribution in [0.15, 0.2) is 55.0 Å². The third-order valence-electron chi connectivity index (χ3n) is 5.98. The zero-order valence-electron chi connectivity index (χ0n) is 16.7. The minimum Gasteiger partial charge on any atom is -0.361 e. The molecule has 1 fully saturated rings. The average molecular weight is 405 g/mol. The molecule has 4 aromatic rings. The zero-order valence-corrected chi connectivity index (χ0v) is 16.7. The van der Waals surface area contributed by atoms with E-state index in [1.54, 1.807) is 12.4 Å². The van der Waals surface area contributed by atoms with Crippen molar-refractivity contribution in [3.05, 3.63) is 66.4 Å². The number of halogens is 1. The molecule has 2 aromatic heterocycles. The van der Waals surface area contributed by atoms with E-state index in [9.17, 15) is 9.18 Å². The van der Waals surface area contributed by atoms with Crippen LogP contribution in [0.3, 0.4) is 0 Å². The van der Waals surface area contributed by atoms with Crippen molar-refractivity contribution >= 4 is 27.8 Å². The number of benzene rings is 2. The Labute approximate surface area is 173 Å². The van der Waals surface area contributed by atoms with Crippen LogP contribution in [-0.4, -0.2) is 63.0 Å². The van der Waals surface area contributed by atoms with Crippen molar-refractivity contribution < 1.29 is 9.18 Å². The van der Waals surface area contributed by atoms with Gasteiger partial charge in [0.2, 0.25) is 5.91 Å². The van der Waals surface area contributed by atoms with E-state index < -0.39 is 0 Å². The van der Waals surface area contributed by atoms with E-state index >= 15 is 0 Å². The van der Waals surface area contributed by atoms with Gasteiger partial charge in [0.25, 0.3) is 0 Å². The minimum atomic E-state index is -0.263. The molecule has 0 spiro atoms. The molecule has 1 N–H and O–H groups in total. The van der Waals surface area contributed by atoms with Gasteiger partial charge in [-0.15, -0.1) is 0 Å². The summed E-state index contributed by atoms with van der Waals surface area (Å²) in [6, 6.07) is 12.8. The molecule has 7 heteroatoms. The van der Waals surface area contributed by atoms with Gasteiger partial charge in [0.1, 0.15) is 5.82 Å². The van der Waals surface area contributed by atoms with Gasteiger partial charge in [0.05, 0.1) is 23.8 Å². The van der Waals surface area contributed by atoms with Crippen LogP contribution in [-0.2, 0) is 17.8 Å². The fraction of sp³-hybridized carbons (Fsp3) is 0.304. The van der Waals surface area contributed by atoms with Crippen LogP contribution in [0, 0.1) is 5.82 Å². The predicted octanol–water partition coefficient (Wildman–Crippen LogP) is 3.04. The van der Waals surface area contributed by atoms with Crippen LogP contribution in [0.5, 0.6) is 0 Å². The number of aromatic amines is 1. The Bertz CT molecular complexity index is 1190. The van der Waals surface area contributed by atoms with E-state index in [0.717, 1.165) is 61.3 Å². The number of amides is 1. The highest BCUT2D eigenvalue weighted by Crippen LogP contribution is 2.19. The molecule has 5 rings (SSSR count). The molecule has 154 valence electrons. The fourth-order valence-electron chi connectivity index (χ4n) is 4.24. The van der Waals surface area contributed by atoms with E-state index in [0.29, 0.717) is 11.9 Å². The number of rotatable bonds is 5. The van der Waals surface area contributed by atoms with Gasteiger partial charge in [-0.3, -0.25) is 9.69 Å². The first kappa shape index (κ1) is 18.8. The van der Waals surface area contributed by atoms with E-state index in [1.165, 1.54) is 12.1 Å². The van der Waals surface area contributed by atoms with Gasteiger partial charge in [-0.1, -0.05) is 18.2 Å². The topological polar surface area (TPSA) is 57.2 Å². The van der Waals surface area contributed by atoms with Gasteiger partial charge in [0.15, 0.2) is 0 Å². The Kier molecular flexibility index (Phi) is 4.96. The number of para-hydroxylation sites is 1. The summed E-state index contributed by atoms with van der Waals surface area (Å²) in [5.41, 5.74) is 3.76. The molecule has 0 unspecified atom stereocenters. The maximum atomic E-state index is 13.3. The molecule has 0 saturated carbocycles. The number of fused-ring (bicyclic) bond motifs is 2. The van der Waals surface area contributed by atoms with Gasteiger partial charge in [0, 0.05) is 62.4 Å². The third kappa shape index (κ3) is 3.68. The molecule has 6 nitrogen and oxygen atoms in total. The number of H-pyrrole nitrogens is 1. The average Bonchev–Trinajstić information content (AvgIpc) is 3.36. The number of piperazine rings is 1. The largest absolute Gasteiger partial charge is 0.361 e. The number of hydrogen-bond acceptors (Lipinski definition) is 3. The molecule has 2 aromatic carbocycles. The van der Waals surface area contributed by atoms with Crippen LogP contribution in [0.1, 0.15) is 5.56 Å². The second-order valence-electron chi connectivity index (χ2n) is 7.83. The molecular formula is C23H24FN5O.